The fourth-order valence-corrected chi connectivity index (χ4v) is 4.03. The van der Waals surface area contributed by atoms with Gasteiger partial charge in [0.2, 0.25) is 0 Å². The van der Waals surface area contributed by atoms with Crippen LogP contribution in [0.15, 0.2) is 47.4 Å². The molecule has 1 saturated heterocycles. The molecule has 4 rings (SSSR count). The van der Waals surface area contributed by atoms with E-state index in [0.717, 1.165) is 16.8 Å². The van der Waals surface area contributed by atoms with Crippen molar-refractivity contribution in [1.29, 1.82) is 0 Å². The predicted molar refractivity (Wildman–Crippen MR) is 131 cm³/mol. The predicted octanol–water partition coefficient (Wildman–Crippen LogP) is 3.20. The number of allylic oxidation sites excluding steroid dienone is 1. The van der Waals surface area contributed by atoms with E-state index < -0.39 is 19.4 Å². The molecule has 0 radical (unpaired) electrons. The monoisotopic (exact) mass is 453 g/mol. The highest BCUT2D eigenvalue weighted by Crippen LogP contribution is 2.21. The minimum absolute atomic E-state index is 0.0818. The molecule has 0 aliphatic carbocycles. The van der Waals surface area contributed by atoms with Gasteiger partial charge in [0.05, 0.1) is 5.52 Å². The van der Waals surface area contributed by atoms with E-state index in [0.29, 0.717) is 48.3 Å². The van der Waals surface area contributed by atoms with Crippen LogP contribution in [0.3, 0.4) is 0 Å². The first-order valence-corrected chi connectivity index (χ1v) is 10.8. The Morgan fingerprint density at radius 3 is 3.00 bits per heavy atom. The Morgan fingerprint density at radius 1 is 1.36 bits per heavy atom. The summed E-state index contributed by atoms with van der Waals surface area (Å²) in [6.07, 6.45) is 4.42. The second-order valence-electron chi connectivity index (χ2n) is 7.90. The van der Waals surface area contributed by atoms with Gasteiger partial charge in [0, 0.05) is 55.7 Å². The minimum atomic E-state index is -2.77. The van der Waals surface area contributed by atoms with Crippen LogP contribution in [0.2, 0.25) is 0 Å². The van der Waals surface area contributed by atoms with E-state index in [-0.39, 0.29) is 6.61 Å². The molecule has 0 spiro atoms. The quantitative estimate of drug-likeness (QED) is 0.398. The second kappa shape index (κ2) is 9.99. The largest absolute Gasteiger partial charge is 0.488 e. The molecular weight excluding hydrogens is 416 g/mol. The van der Waals surface area contributed by atoms with Gasteiger partial charge < -0.3 is 15.8 Å². The lowest BCUT2D eigenvalue weighted by atomic mass is 10.1. The van der Waals surface area contributed by atoms with Crippen LogP contribution in [0.5, 0.6) is 0 Å². The average Bonchev–Trinajstić information content (AvgIpc) is 3.46. The number of rotatable bonds is 8. The van der Waals surface area contributed by atoms with Crippen molar-refractivity contribution in [2.24, 2.45) is 10.7 Å². The van der Waals surface area contributed by atoms with Gasteiger partial charge in [-0.05, 0) is 51.9 Å². The first kappa shape index (κ1) is 17.1. The maximum Gasteiger partial charge on any atom is 0.160 e. The summed E-state index contributed by atoms with van der Waals surface area (Å²) in [6.45, 7) is -1.06. The summed E-state index contributed by atoms with van der Waals surface area (Å²) in [6, 6.07) is 7.06. The number of ether oxygens (including phenoxy) is 1. The standard InChI is InChI=1S/C24H32N8O/c1-5-31-9-6-7-19(31)15-33-21(14-25)24(26-4)18-8-10-32-20(12-18)13-23(30-32)29-22-11-16(2)27-17(3)28-22/h8,10-14,19H,5-7,9,15,25H2,1-4H3,(H,27,28,29,30)/b21-14+,26-24?/t19-/m1/s1/i1D3,5D2. The first-order chi connectivity index (χ1) is 17.9. The fraction of sp³-hybridized carbons (Fsp3) is 0.417. The van der Waals surface area contributed by atoms with Crippen LogP contribution in [0.1, 0.15) is 43.6 Å². The third-order valence-electron chi connectivity index (χ3n) is 5.52. The van der Waals surface area contributed by atoms with Crippen LogP contribution < -0.4 is 11.1 Å². The summed E-state index contributed by atoms with van der Waals surface area (Å²) < 4.78 is 46.9. The molecular formula is C24H32N8O. The summed E-state index contributed by atoms with van der Waals surface area (Å²) >= 11 is 0. The molecule has 1 aliphatic rings. The van der Waals surface area contributed by atoms with Crippen molar-refractivity contribution in [3.05, 3.63) is 59.5 Å². The second-order valence-corrected chi connectivity index (χ2v) is 7.90. The zero-order chi connectivity index (χ0) is 27.7. The Bertz CT molecular complexity index is 1350. The zero-order valence-electron chi connectivity index (χ0n) is 24.0. The highest BCUT2D eigenvalue weighted by atomic mass is 16.5. The van der Waals surface area contributed by atoms with Gasteiger partial charge in [-0.25, -0.2) is 14.5 Å². The first-order valence-electron chi connectivity index (χ1n) is 13.3. The third kappa shape index (κ3) is 5.14. The van der Waals surface area contributed by atoms with E-state index in [1.165, 1.54) is 11.1 Å². The van der Waals surface area contributed by atoms with Crippen molar-refractivity contribution in [2.75, 3.05) is 32.0 Å². The van der Waals surface area contributed by atoms with Gasteiger partial charge in [-0.1, -0.05) is 6.85 Å². The normalized spacial score (nSPS) is 20.7. The molecule has 0 bridgehead atoms. The number of pyridine rings is 1. The number of likely N-dealkylation sites (N-methyl/N-ethyl adjacent to an activating group) is 1. The number of nitrogens with two attached hydrogens (primary N) is 1. The van der Waals surface area contributed by atoms with Crippen LogP contribution in [-0.2, 0) is 4.74 Å². The third-order valence-corrected chi connectivity index (χ3v) is 5.52. The Labute approximate surface area is 201 Å². The van der Waals surface area contributed by atoms with Crippen LogP contribution >= 0.6 is 0 Å². The summed E-state index contributed by atoms with van der Waals surface area (Å²) in [5.41, 5.74) is 8.82. The molecule has 9 heteroatoms. The van der Waals surface area contributed by atoms with Crippen molar-refractivity contribution in [3.63, 3.8) is 0 Å². The number of anilines is 2. The molecule has 33 heavy (non-hydrogen) atoms. The van der Waals surface area contributed by atoms with E-state index in [2.05, 4.69) is 25.4 Å². The van der Waals surface area contributed by atoms with Crippen LogP contribution in [0.25, 0.3) is 5.52 Å². The van der Waals surface area contributed by atoms with Crippen molar-refractivity contribution in [3.8, 4) is 0 Å². The summed E-state index contributed by atoms with van der Waals surface area (Å²) in [5, 5.41) is 7.75. The highest BCUT2D eigenvalue weighted by Gasteiger charge is 2.24. The lowest BCUT2D eigenvalue weighted by Crippen LogP contribution is -2.33. The van der Waals surface area contributed by atoms with Crippen molar-refractivity contribution < 1.29 is 11.6 Å². The summed E-state index contributed by atoms with van der Waals surface area (Å²) in [7, 11) is 1.63. The zero-order valence-corrected chi connectivity index (χ0v) is 19.0. The number of nitrogens with one attached hydrogen (secondary N) is 1. The Morgan fingerprint density at radius 2 is 2.24 bits per heavy atom. The molecule has 0 aromatic carbocycles. The molecule has 0 unspecified atom stereocenters. The highest BCUT2D eigenvalue weighted by molar-refractivity contribution is 6.11. The SMILES string of the molecule is [2H]C([2H])([2H])C([2H])([2H])N1CCC[C@@H]1CO/C(=C/N)C(=NC)c1ccn2nc(Nc3cc(C)nc(C)n3)cc2c1. The van der Waals surface area contributed by atoms with Gasteiger partial charge in [0.25, 0.3) is 0 Å². The van der Waals surface area contributed by atoms with Gasteiger partial charge >= 0.3 is 0 Å². The summed E-state index contributed by atoms with van der Waals surface area (Å²) in [4.78, 5) is 14.4. The molecule has 1 fully saturated rings. The molecule has 3 aromatic heterocycles. The lowest BCUT2D eigenvalue weighted by molar-refractivity contribution is 0.137. The molecule has 3 N–H and O–H groups in total. The van der Waals surface area contributed by atoms with E-state index >= 15 is 0 Å². The Balaban J connectivity index is 1.50. The van der Waals surface area contributed by atoms with E-state index in [1.807, 2.05) is 38.1 Å². The molecule has 4 heterocycles. The number of aliphatic imine (C=N–C) groups is 1. The molecule has 9 nitrogen and oxygen atoms in total. The number of aromatic nitrogens is 4. The van der Waals surface area contributed by atoms with Gasteiger partial charge in [-0.2, -0.15) is 5.10 Å². The van der Waals surface area contributed by atoms with E-state index in [1.54, 1.807) is 17.8 Å². The van der Waals surface area contributed by atoms with Gasteiger partial charge in [-0.15, -0.1) is 0 Å². The average molecular weight is 454 g/mol. The Hall–Kier alpha value is -3.46. The fourth-order valence-electron chi connectivity index (χ4n) is 4.03. The van der Waals surface area contributed by atoms with Gasteiger partial charge in [0.15, 0.2) is 11.6 Å². The maximum atomic E-state index is 8.15. The van der Waals surface area contributed by atoms with Crippen LogP contribution in [-0.4, -0.2) is 62.9 Å². The molecule has 0 saturated carbocycles. The van der Waals surface area contributed by atoms with Gasteiger partial charge in [0.1, 0.15) is 24.0 Å². The Kier molecular flexibility index (Phi) is 5.17. The number of fused-ring (bicyclic) bond motifs is 1. The smallest absolute Gasteiger partial charge is 0.160 e. The lowest BCUT2D eigenvalue weighted by Gasteiger charge is -2.23. The minimum Gasteiger partial charge on any atom is -0.488 e. The van der Waals surface area contributed by atoms with E-state index in [4.69, 9.17) is 17.3 Å². The maximum absolute atomic E-state index is 8.15. The molecule has 3 aromatic rings. The molecule has 0 amide bonds. The van der Waals surface area contributed by atoms with Gasteiger partial charge in [-0.3, -0.25) is 9.89 Å². The van der Waals surface area contributed by atoms with Crippen molar-refractivity contribution in [2.45, 2.75) is 39.6 Å². The molecule has 1 aliphatic heterocycles. The number of likely N-dealkylation sites (tertiary alicyclic amines) is 1. The number of nitrogens with zero attached hydrogens (tertiary/aromatic N) is 6. The van der Waals surface area contributed by atoms with Crippen molar-refractivity contribution in [1.82, 2.24) is 24.5 Å². The van der Waals surface area contributed by atoms with Crippen molar-refractivity contribution >= 4 is 22.9 Å². The molecule has 1 atom stereocenters. The molecule has 174 valence electrons. The van der Waals surface area contributed by atoms with Crippen LogP contribution in [0.4, 0.5) is 11.6 Å². The number of aryl methyl sites for hydroxylation is 2. The number of hydrogen-bond donors (Lipinski definition) is 2. The van der Waals surface area contributed by atoms with E-state index in [9.17, 15) is 0 Å². The van der Waals surface area contributed by atoms with Crippen LogP contribution in [0, 0.1) is 13.8 Å². The number of hydrogen-bond acceptors (Lipinski definition) is 8. The summed E-state index contributed by atoms with van der Waals surface area (Å²) in [5.74, 6) is 2.26. The topological polar surface area (TPSA) is 106 Å².